The Labute approximate surface area is 86.0 Å². The van der Waals surface area contributed by atoms with Gasteiger partial charge < -0.3 is 5.32 Å². The molecule has 2 saturated heterocycles. The van der Waals surface area contributed by atoms with Gasteiger partial charge >= 0.3 is 0 Å². The summed E-state index contributed by atoms with van der Waals surface area (Å²) >= 11 is 0. The number of nitrogens with zero attached hydrogens (tertiary/aromatic N) is 1. The highest BCUT2D eigenvalue weighted by atomic mass is 15.2. The molecule has 78 valence electrons. The molecular weight excluding hydrogens is 172 g/mol. The third-order valence-corrected chi connectivity index (χ3v) is 5.19. The van der Waals surface area contributed by atoms with E-state index in [0.29, 0.717) is 0 Å². The van der Waals surface area contributed by atoms with E-state index in [4.69, 9.17) is 0 Å². The molecule has 2 nitrogen and oxygen atoms in total. The zero-order valence-corrected chi connectivity index (χ0v) is 8.78. The molecule has 4 fully saturated rings. The molecule has 5 atom stereocenters. The van der Waals surface area contributed by atoms with E-state index in [9.17, 15) is 0 Å². The highest BCUT2D eigenvalue weighted by Gasteiger charge is 2.52. The zero-order valence-electron chi connectivity index (χ0n) is 8.78. The number of rotatable bonds is 1. The SMILES string of the molecule is C1NCC2CN(C3CCC4CC43)CC12. The molecule has 0 radical (unpaired) electrons. The van der Waals surface area contributed by atoms with E-state index in [1.807, 2.05) is 0 Å². The van der Waals surface area contributed by atoms with Crippen molar-refractivity contribution in [3.63, 3.8) is 0 Å². The van der Waals surface area contributed by atoms with Crippen LogP contribution >= 0.6 is 0 Å². The van der Waals surface area contributed by atoms with Crippen molar-refractivity contribution >= 4 is 0 Å². The van der Waals surface area contributed by atoms with Crippen molar-refractivity contribution in [3.05, 3.63) is 0 Å². The van der Waals surface area contributed by atoms with Crippen molar-refractivity contribution in [2.75, 3.05) is 26.2 Å². The lowest BCUT2D eigenvalue weighted by Gasteiger charge is -2.26. The predicted molar refractivity (Wildman–Crippen MR) is 56.0 cm³/mol. The molecule has 2 heteroatoms. The highest BCUT2D eigenvalue weighted by molar-refractivity contribution is 5.05. The van der Waals surface area contributed by atoms with Gasteiger partial charge in [-0.2, -0.15) is 0 Å². The molecule has 0 bridgehead atoms. The first-order chi connectivity index (χ1) is 6.92. The first kappa shape index (κ1) is 8.12. The Morgan fingerprint density at radius 2 is 1.71 bits per heavy atom. The minimum absolute atomic E-state index is 0.993. The average molecular weight is 192 g/mol. The van der Waals surface area contributed by atoms with Gasteiger partial charge in [-0.3, -0.25) is 4.90 Å². The molecule has 2 heterocycles. The summed E-state index contributed by atoms with van der Waals surface area (Å²) in [7, 11) is 0. The Bertz CT molecular complexity index is 241. The molecular formula is C12H20N2. The Morgan fingerprint density at radius 1 is 0.929 bits per heavy atom. The lowest BCUT2D eigenvalue weighted by Crippen LogP contribution is -2.35. The molecule has 0 aromatic carbocycles. The van der Waals surface area contributed by atoms with E-state index >= 15 is 0 Å². The van der Waals surface area contributed by atoms with Crippen LogP contribution in [0.3, 0.4) is 0 Å². The summed E-state index contributed by atoms with van der Waals surface area (Å²) in [6.07, 6.45) is 4.62. The van der Waals surface area contributed by atoms with E-state index in [1.165, 1.54) is 32.6 Å². The molecule has 0 aromatic rings. The van der Waals surface area contributed by atoms with Crippen LogP contribution in [0, 0.1) is 23.7 Å². The number of hydrogen-bond donors (Lipinski definition) is 1. The normalized spacial score (nSPS) is 56.1. The second-order valence-corrected chi connectivity index (χ2v) is 5.94. The Balaban J connectivity index is 1.47. The molecule has 0 spiro atoms. The van der Waals surface area contributed by atoms with Gasteiger partial charge in [0, 0.05) is 19.1 Å². The number of nitrogens with one attached hydrogen (secondary N) is 1. The van der Waals surface area contributed by atoms with Crippen LogP contribution in [-0.2, 0) is 0 Å². The Kier molecular flexibility index (Phi) is 1.58. The topological polar surface area (TPSA) is 15.3 Å². The lowest BCUT2D eigenvalue weighted by molar-refractivity contribution is 0.209. The standard InChI is InChI=1S/C12H20N2/c1-2-12(11-3-8(1)11)14-6-9-4-13-5-10(9)7-14/h8-13H,1-7H2. The van der Waals surface area contributed by atoms with Crippen LogP contribution in [0.2, 0.25) is 0 Å². The number of hydrogen-bond acceptors (Lipinski definition) is 2. The van der Waals surface area contributed by atoms with Crippen molar-refractivity contribution < 1.29 is 0 Å². The zero-order chi connectivity index (χ0) is 9.12. The Morgan fingerprint density at radius 3 is 2.29 bits per heavy atom. The molecule has 0 aromatic heterocycles. The number of likely N-dealkylation sites (tertiary alicyclic amines) is 1. The summed E-state index contributed by atoms with van der Waals surface area (Å²) in [4.78, 5) is 2.84. The van der Waals surface area contributed by atoms with Crippen LogP contribution in [0.15, 0.2) is 0 Å². The summed E-state index contributed by atoms with van der Waals surface area (Å²) < 4.78 is 0. The summed E-state index contributed by atoms with van der Waals surface area (Å²) in [5, 5.41) is 3.53. The van der Waals surface area contributed by atoms with Crippen molar-refractivity contribution in [1.29, 1.82) is 0 Å². The van der Waals surface area contributed by atoms with Crippen molar-refractivity contribution in [1.82, 2.24) is 10.2 Å². The molecule has 4 aliphatic rings. The van der Waals surface area contributed by atoms with Gasteiger partial charge in [-0.05, 0) is 56.0 Å². The third kappa shape index (κ3) is 1.04. The summed E-state index contributed by atoms with van der Waals surface area (Å²) in [5.74, 6) is 4.26. The second-order valence-electron chi connectivity index (χ2n) is 5.94. The molecule has 2 saturated carbocycles. The van der Waals surface area contributed by atoms with Crippen molar-refractivity contribution in [2.24, 2.45) is 23.7 Å². The Hall–Kier alpha value is -0.0800. The lowest BCUT2D eigenvalue weighted by atomic mass is 10.0. The predicted octanol–water partition coefficient (Wildman–Crippen LogP) is 0.936. The van der Waals surface area contributed by atoms with Gasteiger partial charge in [-0.15, -0.1) is 0 Å². The maximum Gasteiger partial charge on any atom is 0.0127 e. The number of fused-ring (bicyclic) bond motifs is 2. The van der Waals surface area contributed by atoms with Crippen molar-refractivity contribution in [3.8, 4) is 0 Å². The molecule has 4 rings (SSSR count). The van der Waals surface area contributed by atoms with Gasteiger partial charge in [0.1, 0.15) is 0 Å². The van der Waals surface area contributed by atoms with Gasteiger partial charge in [0.25, 0.3) is 0 Å². The van der Waals surface area contributed by atoms with E-state index < -0.39 is 0 Å². The fourth-order valence-corrected chi connectivity index (χ4v) is 4.29. The fraction of sp³-hybridized carbons (Fsp3) is 1.00. The minimum Gasteiger partial charge on any atom is -0.316 e. The summed E-state index contributed by atoms with van der Waals surface area (Å²) in [6.45, 7) is 5.40. The van der Waals surface area contributed by atoms with Gasteiger partial charge in [0.05, 0.1) is 0 Å². The van der Waals surface area contributed by atoms with Crippen LogP contribution in [0.1, 0.15) is 19.3 Å². The van der Waals surface area contributed by atoms with Gasteiger partial charge in [0.2, 0.25) is 0 Å². The van der Waals surface area contributed by atoms with E-state index in [0.717, 1.165) is 29.7 Å². The third-order valence-electron chi connectivity index (χ3n) is 5.19. The van der Waals surface area contributed by atoms with Crippen LogP contribution in [0.4, 0.5) is 0 Å². The van der Waals surface area contributed by atoms with Crippen LogP contribution in [-0.4, -0.2) is 37.1 Å². The van der Waals surface area contributed by atoms with Crippen LogP contribution in [0.25, 0.3) is 0 Å². The monoisotopic (exact) mass is 192 g/mol. The van der Waals surface area contributed by atoms with Crippen molar-refractivity contribution in [2.45, 2.75) is 25.3 Å². The van der Waals surface area contributed by atoms with Crippen LogP contribution in [0.5, 0.6) is 0 Å². The van der Waals surface area contributed by atoms with Gasteiger partial charge in [-0.25, -0.2) is 0 Å². The van der Waals surface area contributed by atoms with E-state index in [1.54, 1.807) is 12.8 Å². The molecule has 2 aliphatic carbocycles. The quantitative estimate of drug-likeness (QED) is 0.665. The summed E-state index contributed by atoms with van der Waals surface area (Å²) in [5.41, 5.74) is 0. The highest BCUT2D eigenvalue weighted by Crippen LogP contribution is 2.54. The second kappa shape index (κ2) is 2.73. The molecule has 2 aliphatic heterocycles. The largest absolute Gasteiger partial charge is 0.316 e. The van der Waals surface area contributed by atoms with Gasteiger partial charge in [-0.1, -0.05) is 0 Å². The summed E-state index contributed by atoms with van der Waals surface area (Å²) in [6, 6.07) is 1.01. The smallest absolute Gasteiger partial charge is 0.0127 e. The van der Waals surface area contributed by atoms with Crippen LogP contribution < -0.4 is 5.32 Å². The van der Waals surface area contributed by atoms with Gasteiger partial charge in [0.15, 0.2) is 0 Å². The molecule has 5 unspecified atom stereocenters. The van der Waals surface area contributed by atoms with E-state index in [-0.39, 0.29) is 0 Å². The van der Waals surface area contributed by atoms with E-state index in [2.05, 4.69) is 10.2 Å². The maximum absolute atomic E-state index is 3.53. The minimum atomic E-state index is 0.993. The molecule has 14 heavy (non-hydrogen) atoms. The first-order valence-corrected chi connectivity index (χ1v) is 6.36. The molecule has 0 amide bonds. The average Bonchev–Trinajstić information content (AvgIpc) is 2.59. The fourth-order valence-electron chi connectivity index (χ4n) is 4.29. The molecule has 1 N–H and O–H groups in total. The first-order valence-electron chi connectivity index (χ1n) is 6.36. The maximum atomic E-state index is 3.53.